The Kier molecular flexibility index (Phi) is 3.93. The van der Waals surface area contributed by atoms with E-state index >= 15 is 0 Å². The summed E-state index contributed by atoms with van der Waals surface area (Å²) in [6.07, 6.45) is -4.69. The first-order chi connectivity index (χ1) is 10.2. The third-order valence-corrected chi connectivity index (χ3v) is 2.45. The van der Waals surface area contributed by atoms with Crippen LogP contribution in [0.4, 0.5) is 23.2 Å². The summed E-state index contributed by atoms with van der Waals surface area (Å²) in [6.45, 7) is 1.31. The molecule has 0 unspecified atom stereocenters. The van der Waals surface area contributed by atoms with E-state index in [1.54, 1.807) is 0 Å². The summed E-state index contributed by atoms with van der Waals surface area (Å²) in [4.78, 5) is 16.3. The molecule has 0 amide bonds. The molecule has 0 aliphatic heterocycles. The van der Waals surface area contributed by atoms with Crippen LogP contribution in [0.25, 0.3) is 0 Å². The number of nitrogens with zero attached hydrogens (tertiary/aromatic N) is 3. The minimum absolute atomic E-state index is 0.000270. The lowest BCUT2D eigenvalue weighted by atomic mass is 10.3. The molecule has 0 saturated carbocycles. The lowest BCUT2D eigenvalue weighted by Gasteiger charge is -2.09. The molecule has 0 aliphatic rings. The van der Waals surface area contributed by atoms with Gasteiger partial charge in [0.1, 0.15) is 5.75 Å². The van der Waals surface area contributed by atoms with Gasteiger partial charge in [0, 0.05) is 17.8 Å². The Labute approximate surface area is 120 Å². The van der Waals surface area contributed by atoms with Gasteiger partial charge in [0.15, 0.2) is 5.69 Å². The lowest BCUT2D eigenvalue weighted by molar-refractivity contribution is -0.387. The maximum Gasteiger partial charge on any atom is 0.433 e. The number of alkyl halides is 3. The summed E-state index contributed by atoms with van der Waals surface area (Å²) in [5.74, 6) is -1.45. The minimum Gasteiger partial charge on any atom is -0.424 e. The van der Waals surface area contributed by atoms with E-state index in [1.807, 2.05) is 0 Å². The molecule has 1 heterocycles. The number of aryl methyl sites for hydroxylation is 1. The second kappa shape index (κ2) is 5.54. The first-order valence-electron chi connectivity index (χ1n) is 5.71. The minimum atomic E-state index is -4.69. The van der Waals surface area contributed by atoms with E-state index in [0.717, 1.165) is 18.2 Å². The number of hydrogen-bond acceptors (Lipinski definition) is 5. The van der Waals surface area contributed by atoms with Crippen molar-refractivity contribution in [2.75, 3.05) is 0 Å². The highest BCUT2D eigenvalue weighted by Gasteiger charge is 2.33. The highest BCUT2D eigenvalue weighted by molar-refractivity contribution is 5.39. The Morgan fingerprint density at radius 3 is 2.45 bits per heavy atom. The number of aromatic nitrogens is 2. The van der Waals surface area contributed by atoms with Crippen LogP contribution in [0.1, 0.15) is 11.4 Å². The van der Waals surface area contributed by atoms with E-state index in [0.29, 0.717) is 6.07 Å². The van der Waals surface area contributed by atoms with Crippen LogP contribution in [0.15, 0.2) is 24.3 Å². The Morgan fingerprint density at radius 2 is 1.91 bits per heavy atom. The van der Waals surface area contributed by atoms with Gasteiger partial charge in [0.2, 0.25) is 5.82 Å². The predicted molar refractivity (Wildman–Crippen MR) is 64.9 cm³/mol. The van der Waals surface area contributed by atoms with E-state index in [9.17, 15) is 27.7 Å². The molecule has 0 spiro atoms. The zero-order valence-corrected chi connectivity index (χ0v) is 10.9. The summed E-state index contributed by atoms with van der Waals surface area (Å²) in [5, 5.41) is 10.5. The average molecular weight is 317 g/mol. The van der Waals surface area contributed by atoms with Crippen molar-refractivity contribution in [2.45, 2.75) is 13.1 Å². The summed E-state index contributed by atoms with van der Waals surface area (Å²) >= 11 is 0. The lowest BCUT2D eigenvalue weighted by Crippen LogP contribution is -2.10. The van der Waals surface area contributed by atoms with Gasteiger partial charge in [-0.05, 0) is 19.1 Å². The molecule has 0 atom stereocenters. The molecular weight excluding hydrogens is 310 g/mol. The molecule has 1 aromatic heterocycles. The average Bonchev–Trinajstić information content (AvgIpc) is 2.36. The summed E-state index contributed by atoms with van der Waals surface area (Å²) in [6, 6.07) is 2.60. The fourth-order valence-electron chi connectivity index (χ4n) is 1.54. The molecule has 0 radical (unpaired) electrons. The third-order valence-electron chi connectivity index (χ3n) is 2.45. The Hall–Kier alpha value is -2.78. The molecule has 116 valence electrons. The van der Waals surface area contributed by atoms with E-state index in [-0.39, 0.29) is 11.4 Å². The van der Waals surface area contributed by atoms with Gasteiger partial charge in [-0.1, -0.05) is 0 Å². The van der Waals surface area contributed by atoms with Crippen molar-refractivity contribution in [2.24, 2.45) is 0 Å². The molecule has 0 N–H and O–H groups in total. The Balaban J connectivity index is 2.33. The van der Waals surface area contributed by atoms with Gasteiger partial charge in [-0.3, -0.25) is 10.1 Å². The van der Waals surface area contributed by atoms with Crippen molar-refractivity contribution in [1.29, 1.82) is 0 Å². The van der Waals surface area contributed by atoms with Gasteiger partial charge >= 0.3 is 17.9 Å². The number of hydrogen-bond donors (Lipinski definition) is 0. The van der Waals surface area contributed by atoms with Crippen molar-refractivity contribution in [3.05, 3.63) is 51.6 Å². The number of rotatable bonds is 3. The molecule has 0 aliphatic carbocycles. The van der Waals surface area contributed by atoms with Crippen LogP contribution in [0, 0.1) is 22.9 Å². The van der Waals surface area contributed by atoms with E-state index in [1.165, 1.54) is 6.92 Å². The van der Waals surface area contributed by atoms with Gasteiger partial charge in [-0.15, -0.1) is 0 Å². The van der Waals surface area contributed by atoms with Crippen molar-refractivity contribution in [3.8, 4) is 11.8 Å². The second-order valence-corrected chi connectivity index (χ2v) is 4.15. The molecule has 10 heteroatoms. The highest BCUT2D eigenvalue weighted by Crippen LogP contribution is 2.30. The molecule has 22 heavy (non-hydrogen) atoms. The smallest absolute Gasteiger partial charge is 0.424 e. The number of nitro groups is 1. The Morgan fingerprint density at radius 1 is 1.23 bits per heavy atom. The second-order valence-electron chi connectivity index (χ2n) is 4.15. The zero-order valence-electron chi connectivity index (χ0n) is 10.9. The molecule has 6 nitrogen and oxygen atoms in total. The van der Waals surface area contributed by atoms with Crippen molar-refractivity contribution in [3.63, 3.8) is 0 Å². The first-order valence-corrected chi connectivity index (χ1v) is 5.71. The van der Waals surface area contributed by atoms with Crippen molar-refractivity contribution < 1.29 is 27.2 Å². The van der Waals surface area contributed by atoms with Gasteiger partial charge in [-0.2, -0.15) is 22.5 Å². The molecule has 1 aromatic carbocycles. The van der Waals surface area contributed by atoms with Crippen LogP contribution in [0.5, 0.6) is 11.8 Å². The van der Waals surface area contributed by atoms with E-state index in [2.05, 4.69) is 9.97 Å². The number of ether oxygens (including phenoxy) is 1. The van der Waals surface area contributed by atoms with Crippen LogP contribution in [0.2, 0.25) is 0 Å². The molecule has 2 aromatic rings. The summed E-state index contributed by atoms with van der Waals surface area (Å²) in [7, 11) is 0. The van der Waals surface area contributed by atoms with Gasteiger partial charge in [-0.25, -0.2) is 4.98 Å². The Bertz CT molecular complexity index is 734. The van der Waals surface area contributed by atoms with Crippen LogP contribution in [-0.4, -0.2) is 14.9 Å². The topological polar surface area (TPSA) is 78.2 Å². The molecular formula is C12H7F4N3O3. The van der Waals surface area contributed by atoms with Gasteiger partial charge in [0.05, 0.1) is 4.92 Å². The fourth-order valence-corrected chi connectivity index (χ4v) is 1.54. The normalized spacial score (nSPS) is 11.3. The third kappa shape index (κ3) is 3.45. The SMILES string of the molecule is Cc1cc(C(F)(F)F)nc(Oc2ccc([N+](=O)[O-])c(F)c2)n1. The van der Waals surface area contributed by atoms with Crippen LogP contribution >= 0.6 is 0 Å². The number of halogens is 4. The van der Waals surface area contributed by atoms with Crippen molar-refractivity contribution in [1.82, 2.24) is 9.97 Å². The molecule has 0 bridgehead atoms. The van der Waals surface area contributed by atoms with Gasteiger partial charge in [0.25, 0.3) is 0 Å². The van der Waals surface area contributed by atoms with Gasteiger partial charge < -0.3 is 4.74 Å². The maximum absolute atomic E-state index is 13.4. The summed E-state index contributed by atoms with van der Waals surface area (Å²) < 4.78 is 56.2. The first kappa shape index (κ1) is 15.6. The zero-order chi connectivity index (χ0) is 16.5. The van der Waals surface area contributed by atoms with E-state index in [4.69, 9.17) is 4.74 Å². The standard InChI is InChI=1S/C12H7F4N3O3/c1-6-4-10(12(14,15)16)18-11(17-6)22-7-2-3-9(19(20)21)8(13)5-7/h2-5H,1H3. The molecule has 0 saturated heterocycles. The number of nitro benzene ring substituents is 1. The van der Waals surface area contributed by atoms with Crippen molar-refractivity contribution >= 4 is 5.69 Å². The monoisotopic (exact) mass is 317 g/mol. The fraction of sp³-hybridized carbons (Fsp3) is 0.167. The quantitative estimate of drug-likeness (QED) is 0.490. The van der Waals surface area contributed by atoms with Crippen LogP contribution < -0.4 is 4.74 Å². The number of benzene rings is 1. The predicted octanol–water partition coefficient (Wildman–Crippen LogP) is 3.64. The maximum atomic E-state index is 13.4. The molecule has 0 fully saturated rings. The van der Waals surface area contributed by atoms with E-state index < -0.39 is 34.3 Å². The van der Waals surface area contributed by atoms with Crippen LogP contribution in [-0.2, 0) is 6.18 Å². The highest BCUT2D eigenvalue weighted by atomic mass is 19.4. The largest absolute Gasteiger partial charge is 0.433 e. The van der Waals surface area contributed by atoms with Crippen LogP contribution in [0.3, 0.4) is 0 Å². The summed E-state index contributed by atoms with van der Waals surface area (Å²) in [5.41, 5.74) is -1.99. The molecule has 2 rings (SSSR count).